The van der Waals surface area contributed by atoms with E-state index in [4.69, 9.17) is 4.42 Å². The molecule has 0 radical (unpaired) electrons. The third kappa shape index (κ3) is 6.08. The van der Waals surface area contributed by atoms with E-state index in [1.807, 2.05) is 4.98 Å². The zero-order chi connectivity index (χ0) is 25.0. The van der Waals surface area contributed by atoms with E-state index in [1.54, 1.807) is 42.5 Å². The highest BCUT2D eigenvalue weighted by atomic mass is 19.4. The normalized spacial score (nSPS) is 11.3. The first-order chi connectivity index (χ1) is 16.7. The van der Waals surface area contributed by atoms with Gasteiger partial charge >= 0.3 is 12.1 Å². The number of halogens is 3. The number of hydrogen-bond donors (Lipinski definition) is 2. The molecule has 0 saturated carbocycles. The third-order valence-electron chi connectivity index (χ3n) is 5.00. The van der Waals surface area contributed by atoms with Crippen molar-refractivity contribution in [3.05, 3.63) is 111 Å². The summed E-state index contributed by atoms with van der Waals surface area (Å²) in [7, 11) is 0. The number of carbonyl (C=O) groups is 1. The van der Waals surface area contributed by atoms with Crippen molar-refractivity contribution < 1.29 is 27.1 Å². The van der Waals surface area contributed by atoms with Gasteiger partial charge in [-0.15, -0.1) is 13.2 Å². The number of alkyl halides is 3. The summed E-state index contributed by atoms with van der Waals surface area (Å²) in [4.78, 5) is 42.1. The molecular formula is C24H18F3N3O5. The van der Waals surface area contributed by atoms with Crippen LogP contribution in [0.5, 0.6) is 5.75 Å². The van der Waals surface area contributed by atoms with E-state index in [1.165, 1.54) is 29.6 Å². The topological polar surface area (TPSA) is 108 Å². The molecule has 0 spiro atoms. The lowest BCUT2D eigenvalue weighted by Gasteiger charge is -2.24. The van der Waals surface area contributed by atoms with Gasteiger partial charge in [0, 0.05) is 23.7 Å². The maximum atomic E-state index is 13.2. The number of nitrogens with zero attached hydrogens (tertiary/aromatic N) is 1. The number of ether oxygens (including phenoxy) is 1. The molecule has 0 aliphatic carbocycles. The van der Waals surface area contributed by atoms with Crippen LogP contribution in [0.2, 0.25) is 0 Å². The summed E-state index contributed by atoms with van der Waals surface area (Å²) in [5.41, 5.74) is -0.271. The number of rotatable bonds is 7. The SMILES string of the molecule is O=C(c1cc(=O)[nH]c(=O)[nH]1)N(Cc1ccccc1)Cc1ccc(-c2ccoc2)cc1OC(F)(F)F. The van der Waals surface area contributed by atoms with Crippen LogP contribution in [0.15, 0.2) is 87.2 Å². The Morgan fingerprint density at radius 2 is 1.71 bits per heavy atom. The number of aromatic nitrogens is 2. The molecule has 2 heterocycles. The van der Waals surface area contributed by atoms with Gasteiger partial charge in [-0.2, -0.15) is 0 Å². The quantitative estimate of drug-likeness (QED) is 0.410. The van der Waals surface area contributed by atoms with E-state index in [-0.39, 0.29) is 24.3 Å². The van der Waals surface area contributed by atoms with Crippen LogP contribution in [-0.2, 0) is 13.1 Å². The van der Waals surface area contributed by atoms with Crippen LogP contribution >= 0.6 is 0 Å². The number of benzene rings is 2. The molecular weight excluding hydrogens is 467 g/mol. The first kappa shape index (κ1) is 23.6. The monoisotopic (exact) mass is 485 g/mol. The summed E-state index contributed by atoms with van der Waals surface area (Å²) in [6, 6.07) is 15.4. The molecule has 8 nitrogen and oxygen atoms in total. The van der Waals surface area contributed by atoms with Crippen molar-refractivity contribution in [1.82, 2.24) is 14.9 Å². The molecule has 0 aliphatic heterocycles. The first-order valence-corrected chi connectivity index (χ1v) is 10.3. The van der Waals surface area contributed by atoms with Crippen LogP contribution in [0, 0.1) is 0 Å². The summed E-state index contributed by atoms with van der Waals surface area (Å²) in [5.74, 6) is -1.25. The average molecular weight is 485 g/mol. The summed E-state index contributed by atoms with van der Waals surface area (Å²) in [6.45, 7) is -0.316. The van der Waals surface area contributed by atoms with Crippen LogP contribution < -0.4 is 16.0 Å². The van der Waals surface area contributed by atoms with Gasteiger partial charge in [0.05, 0.1) is 19.1 Å². The lowest BCUT2D eigenvalue weighted by molar-refractivity contribution is -0.274. The largest absolute Gasteiger partial charge is 0.573 e. The smallest absolute Gasteiger partial charge is 0.472 e. The molecule has 0 atom stereocenters. The fourth-order valence-corrected chi connectivity index (χ4v) is 3.48. The van der Waals surface area contributed by atoms with E-state index in [2.05, 4.69) is 9.72 Å². The van der Waals surface area contributed by atoms with Crippen molar-refractivity contribution in [1.29, 1.82) is 0 Å². The van der Waals surface area contributed by atoms with Crippen LogP contribution in [-0.4, -0.2) is 27.1 Å². The second kappa shape index (κ2) is 9.75. The summed E-state index contributed by atoms with van der Waals surface area (Å²) >= 11 is 0. The third-order valence-corrected chi connectivity index (χ3v) is 5.00. The molecule has 35 heavy (non-hydrogen) atoms. The second-order valence-electron chi connectivity index (χ2n) is 7.53. The number of aromatic amines is 2. The number of nitrogens with one attached hydrogen (secondary N) is 2. The number of furan rings is 1. The van der Waals surface area contributed by atoms with Gasteiger partial charge in [-0.3, -0.25) is 14.6 Å². The minimum absolute atomic E-state index is 0.0105. The van der Waals surface area contributed by atoms with Gasteiger partial charge in [0.1, 0.15) is 11.4 Å². The predicted molar refractivity (Wildman–Crippen MR) is 119 cm³/mol. The molecule has 2 N–H and O–H groups in total. The molecule has 11 heteroatoms. The molecule has 0 bridgehead atoms. The Kier molecular flexibility index (Phi) is 6.58. The Bertz CT molecular complexity index is 1400. The average Bonchev–Trinajstić information content (AvgIpc) is 3.33. The fourth-order valence-electron chi connectivity index (χ4n) is 3.48. The van der Waals surface area contributed by atoms with E-state index in [9.17, 15) is 27.6 Å². The van der Waals surface area contributed by atoms with Crippen LogP contribution in [0.1, 0.15) is 21.6 Å². The maximum absolute atomic E-state index is 13.2. The fraction of sp³-hybridized carbons (Fsp3) is 0.125. The highest BCUT2D eigenvalue weighted by Gasteiger charge is 2.33. The minimum Gasteiger partial charge on any atom is -0.472 e. The summed E-state index contributed by atoms with van der Waals surface area (Å²) in [6.07, 6.45) is -2.22. The molecule has 180 valence electrons. The van der Waals surface area contributed by atoms with Crippen molar-refractivity contribution in [2.24, 2.45) is 0 Å². The Morgan fingerprint density at radius 3 is 2.37 bits per heavy atom. The molecule has 4 rings (SSSR count). The van der Waals surface area contributed by atoms with E-state index < -0.39 is 29.3 Å². The van der Waals surface area contributed by atoms with E-state index in [0.717, 1.165) is 6.07 Å². The molecule has 0 unspecified atom stereocenters. The number of H-pyrrole nitrogens is 2. The lowest BCUT2D eigenvalue weighted by Crippen LogP contribution is -2.34. The highest BCUT2D eigenvalue weighted by molar-refractivity contribution is 5.92. The van der Waals surface area contributed by atoms with E-state index >= 15 is 0 Å². The zero-order valence-corrected chi connectivity index (χ0v) is 18.0. The lowest BCUT2D eigenvalue weighted by atomic mass is 10.0. The standard InChI is InChI=1S/C24H18F3N3O5/c25-24(26,27)35-20-10-16(18-8-9-34-14-18)6-7-17(20)13-30(12-15-4-2-1-3-5-15)22(32)19-11-21(31)29-23(33)28-19/h1-11,14H,12-13H2,(H2,28,29,31,33). The molecule has 0 saturated heterocycles. The zero-order valence-electron chi connectivity index (χ0n) is 18.0. The molecule has 2 aromatic heterocycles. The van der Waals surface area contributed by atoms with Gasteiger partial charge in [-0.05, 0) is 23.3 Å². The van der Waals surface area contributed by atoms with Gasteiger partial charge in [0.25, 0.3) is 11.5 Å². The summed E-state index contributed by atoms with van der Waals surface area (Å²) < 4.78 is 48.8. The van der Waals surface area contributed by atoms with Gasteiger partial charge in [-0.25, -0.2) is 4.79 Å². The predicted octanol–water partition coefficient (Wildman–Crippen LogP) is 4.06. The van der Waals surface area contributed by atoms with Crippen molar-refractivity contribution in [2.75, 3.05) is 0 Å². The van der Waals surface area contributed by atoms with E-state index in [0.29, 0.717) is 16.7 Å². The van der Waals surface area contributed by atoms with Crippen LogP contribution in [0.25, 0.3) is 11.1 Å². The Labute approximate surface area is 195 Å². The van der Waals surface area contributed by atoms with Crippen LogP contribution in [0.3, 0.4) is 0 Å². The molecule has 4 aromatic rings. The Balaban J connectivity index is 1.74. The molecule has 2 aromatic carbocycles. The minimum atomic E-state index is -4.98. The molecule has 0 aliphatic rings. The van der Waals surface area contributed by atoms with Crippen molar-refractivity contribution in [2.45, 2.75) is 19.5 Å². The first-order valence-electron chi connectivity index (χ1n) is 10.3. The number of hydrogen-bond acceptors (Lipinski definition) is 5. The van der Waals surface area contributed by atoms with Crippen molar-refractivity contribution >= 4 is 5.91 Å². The molecule has 0 fully saturated rings. The van der Waals surface area contributed by atoms with Crippen molar-refractivity contribution in [3.8, 4) is 16.9 Å². The second-order valence-corrected chi connectivity index (χ2v) is 7.53. The van der Waals surface area contributed by atoms with Gasteiger partial charge in [0.2, 0.25) is 0 Å². The summed E-state index contributed by atoms with van der Waals surface area (Å²) in [5, 5.41) is 0. The van der Waals surface area contributed by atoms with Gasteiger partial charge in [-0.1, -0.05) is 42.5 Å². The highest BCUT2D eigenvalue weighted by Crippen LogP contribution is 2.33. The number of amides is 1. The van der Waals surface area contributed by atoms with Crippen LogP contribution in [0.4, 0.5) is 13.2 Å². The Morgan fingerprint density at radius 1 is 0.943 bits per heavy atom. The van der Waals surface area contributed by atoms with Gasteiger partial charge < -0.3 is 19.0 Å². The maximum Gasteiger partial charge on any atom is 0.573 e. The van der Waals surface area contributed by atoms with Gasteiger partial charge in [0.15, 0.2) is 0 Å². The Hall–Kier alpha value is -4.54. The number of carbonyl (C=O) groups excluding carboxylic acids is 1. The van der Waals surface area contributed by atoms with Crippen molar-refractivity contribution in [3.63, 3.8) is 0 Å². The molecule has 1 amide bonds.